The number of morpholine rings is 1. The molecule has 0 radical (unpaired) electrons. The van der Waals surface area contributed by atoms with Crippen molar-refractivity contribution in [2.45, 2.75) is 44.4 Å². The SMILES string of the molecule is CC1C(c2ccccc2)CCN1C(=O)[C@H]1NCCO[C@@H]1C. The van der Waals surface area contributed by atoms with E-state index in [1.807, 2.05) is 17.9 Å². The van der Waals surface area contributed by atoms with Gasteiger partial charge in [-0.3, -0.25) is 4.79 Å². The topological polar surface area (TPSA) is 41.6 Å². The van der Waals surface area contributed by atoms with Crippen LogP contribution in [0.4, 0.5) is 0 Å². The van der Waals surface area contributed by atoms with E-state index < -0.39 is 0 Å². The van der Waals surface area contributed by atoms with E-state index >= 15 is 0 Å². The van der Waals surface area contributed by atoms with Crippen molar-refractivity contribution >= 4 is 5.91 Å². The van der Waals surface area contributed by atoms with E-state index in [1.165, 1.54) is 5.56 Å². The highest BCUT2D eigenvalue weighted by molar-refractivity contribution is 5.83. The Kier molecular flexibility index (Phi) is 4.27. The normalized spacial score (nSPS) is 33.1. The first-order valence-electron chi connectivity index (χ1n) is 7.89. The van der Waals surface area contributed by atoms with Gasteiger partial charge in [-0.05, 0) is 25.8 Å². The zero-order valence-corrected chi connectivity index (χ0v) is 12.8. The minimum atomic E-state index is -0.198. The molecule has 3 rings (SSSR count). The summed E-state index contributed by atoms with van der Waals surface area (Å²) < 4.78 is 5.61. The largest absolute Gasteiger partial charge is 0.375 e. The van der Waals surface area contributed by atoms with Crippen molar-refractivity contribution in [3.63, 3.8) is 0 Å². The molecule has 2 aliphatic rings. The summed E-state index contributed by atoms with van der Waals surface area (Å²) in [5, 5.41) is 3.30. The predicted molar refractivity (Wildman–Crippen MR) is 82.2 cm³/mol. The number of benzene rings is 1. The van der Waals surface area contributed by atoms with Gasteiger partial charge in [0.1, 0.15) is 6.04 Å². The van der Waals surface area contributed by atoms with Crippen LogP contribution in [0.1, 0.15) is 31.7 Å². The fraction of sp³-hybridized carbons (Fsp3) is 0.588. The van der Waals surface area contributed by atoms with Crippen molar-refractivity contribution < 1.29 is 9.53 Å². The van der Waals surface area contributed by atoms with Crippen LogP contribution in [0.25, 0.3) is 0 Å². The maximum atomic E-state index is 12.8. The van der Waals surface area contributed by atoms with Gasteiger partial charge in [-0.1, -0.05) is 30.3 Å². The van der Waals surface area contributed by atoms with Gasteiger partial charge in [-0.15, -0.1) is 0 Å². The minimum Gasteiger partial charge on any atom is -0.375 e. The highest BCUT2D eigenvalue weighted by atomic mass is 16.5. The number of carbonyl (C=O) groups is 1. The lowest BCUT2D eigenvalue weighted by Gasteiger charge is -2.34. The first-order valence-corrected chi connectivity index (χ1v) is 7.89. The molecule has 114 valence electrons. The Labute approximate surface area is 126 Å². The number of amides is 1. The first-order chi connectivity index (χ1) is 10.2. The van der Waals surface area contributed by atoms with Gasteiger partial charge in [-0.25, -0.2) is 0 Å². The molecule has 0 saturated carbocycles. The van der Waals surface area contributed by atoms with E-state index in [1.54, 1.807) is 0 Å². The Morgan fingerprint density at radius 1 is 1.29 bits per heavy atom. The number of nitrogens with zero attached hydrogens (tertiary/aromatic N) is 1. The molecule has 0 bridgehead atoms. The third-order valence-electron chi connectivity index (χ3n) is 4.85. The molecule has 1 aromatic carbocycles. The molecular formula is C17H24N2O2. The van der Waals surface area contributed by atoms with Gasteiger partial charge < -0.3 is 15.0 Å². The van der Waals surface area contributed by atoms with E-state index in [0.717, 1.165) is 19.5 Å². The summed E-state index contributed by atoms with van der Waals surface area (Å²) in [4.78, 5) is 14.8. The lowest BCUT2D eigenvalue weighted by Crippen LogP contribution is -2.57. The monoisotopic (exact) mass is 288 g/mol. The van der Waals surface area contributed by atoms with Gasteiger partial charge in [0.2, 0.25) is 5.91 Å². The fourth-order valence-corrected chi connectivity index (χ4v) is 3.58. The van der Waals surface area contributed by atoms with Crippen LogP contribution in [0.2, 0.25) is 0 Å². The average Bonchev–Trinajstić information content (AvgIpc) is 2.90. The van der Waals surface area contributed by atoms with Crippen molar-refractivity contribution in [1.82, 2.24) is 10.2 Å². The smallest absolute Gasteiger partial charge is 0.242 e. The predicted octanol–water partition coefficient (Wildman–Crippen LogP) is 1.77. The maximum Gasteiger partial charge on any atom is 0.242 e. The molecule has 2 unspecified atom stereocenters. The lowest BCUT2D eigenvalue weighted by atomic mass is 9.92. The minimum absolute atomic E-state index is 0.0470. The van der Waals surface area contributed by atoms with Crippen LogP contribution in [-0.4, -0.2) is 48.7 Å². The van der Waals surface area contributed by atoms with Crippen molar-refractivity contribution in [2.24, 2.45) is 0 Å². The standard InChI is InChI=1S/C17H24N2O2/c1-12-15(14-6-4-3-5-7-14)8-10-19(12)17(20)16-13(2)21-11-9-18-16/h3-7,12-13,15-16,18H,8-11H2,1-2H3/t12?,13-,15?,16+/m1/s1. The molecule has 4 heteroatoms. The van der Waals surface area contributed by atoms with Crippen LogP contribution >= 0.6 is 0 Å². The number of carbonyl (C=O) groups excluding carboxylic acids is 1. The average molecular weight is 288 g/mol. The number of hydrogen-bond acceptors (Lipinski definition) is 3. The second-order valence-electron chi connectivity index (χ2n) is 6.09. The van der Waals surface area contributed by atoms with Gasteiger partial charge in [0.15, 0.2) is 0 Å². The molecule has 0 aromatic heterocycles. The number of likely N-dealkylation sites (tertiary alicyclic amines) is 1. The highest BCUT2D eigenvalue weighted by Crippen LogP contribution is 2.33. The third-order valence-corrected chi connectivity index (χ3v) is 4.85. The molecule has 0 aliphatic carbocycles. The van der Waals surface area contributed by atoms with E-state index in [2.05, 4.69) is 36.5 Å². The summed E-state index contributed by atoms with van der Waals surface area (Å²) in [6, 6.07) is 10.6. The second kappa shape index (κ2) is 6.16. The molecule has 21 heavy (non-hydrogen) atoms. The van der Waals surface area contributed by atoms with Crippen molar-refractivity contribution in [3.8, 4) is 0 Å². The molecule has 4 nitrogen and oxygen atoms in total. The van der Waals surface area contributed by atoms with Gasteiger partial charge >= 0.3 is 0 Å². The Morgan fingerprint density at radius 2 is 2.05 bits per heavy atom. The molecular weight excluding hydrogens is 264 g/mol. The molecule has 1 amide bonds. The fourth-order valence-electron chi connectivity index (χ4n) is 3.58. The van der Waals surface area contributed by atoms with Crippen molar-refractivity contribution in [2.75, 3.05) is 19.7 Å². The van der Waals surface area contributed by atoms with Gasteiger partial charge in [0.25, 0.3) is 0 Å². The van der Waals surface area contributed by atoms with Crippen molar-refractivity contribution in [1.29, 1.82) is 0 Å². The van der Waals surface area contributed by atoms with Crippen LogP contribution in [0.3, 0.4) is 0 Å². The molecule has 2 heterocycles. The Morgan fingerprint density at radius 3 is 2.76 bits per heavy atom. The summed E-state index contributed by atoms with van der Waals surface area (Å²) in [6.07, 6.45) is 0.994. The van der Waals surface area contributed by atoms with Crippen LogP contribution in [0.15, 0.2) is 30.3 Å². The Hall–Kier alpha value is -1.39. The molecule has 1 aromatic rings. The molecule has 2 fully saturated rings. The zero-order valence-electron chi connectivity index (χ0n) is 12.8. The van der Waals surface area contributed by atoms with Gasteiger partial charge in [-0.2, -0.15) is 0 Å². The zero-order chi connectivity index (χ0) is 14.8. The summed E-state index contributed by atoms with van der Waals surface area (Å²) in [5.74, 6) is 0.628. The number of nitrogens with one attached hydrogen (secondary N) is 1. The maximum absolute atomic E-state index is 12.8. The van der Waals surface area contributed by atoms with Gasteiger partial charge in [0.05, 0.1) is 12.7 Å². The molecule has 0 spiro atoms. The highest BCUT2D eigenvalue weighted by Gasteiger charge is 2.39. The van der Waals surface area contributed by atoms with Gasteiger partial charge in [0, 0.05) is 25.0 Å². The Bertz CT molecular complexity index is 491. The summed E-state index contributed by atoms with van der Waals surface area (Å²) in [5.41, 5.74) is 1.33. The van der Waals surface area contributed by atoms with Crippen LogP contribution in [0, 0.1) is 0 Å². The van der Waals surface area contributed by atoms with Crippen LogP contribution in [0.5, 0.6) is 0 Å². The number of hydrogen-bond donors (Lipinski definition) is 1. The summed E-state index contributed by atoms with van der Waals surface area (Å²) in [6.45, 7) is 6.42. The number of rotatable bonds is 2. The molecule has 4 atom stereocenters. The van der Waals surface area contributed by atoms with E-state index in [9.17, 15) is 4.79 Å². The van der Waals surface area contributed by atoms with Crippen LogP contribution < -0.4 is 5.32 Å². The molecule has 2 aliphatic heterocycles. The van der Waals surface area contributed by atoms with E-state index in [0.29, 0.717) is 12.5 Å². The first kappa shape index (κ1) is 14.5. The Balaban J connectivity index is 1.71. The second-order valence-corrected chi connectivity index (χ2v) is 6.09. The van der Waals surface area contributed by atoms with Crippen molar-refractivity contribution in [3.05, 3.63) is 35.9 Å². The van der Waals surface area contributed by atoms with E-state index in [-0.39, 0.29) is 24.1 Å². The third kappa shape index (κ3) is 2.83. The van der Waals surface area contributed by atoms with E-state index in [4.69, 9.17) is 4.74 Å². The summed E-state index contributed by atoms with van der Waals surface area (Å²) >= 11 is 0. The lowest BCUT2D eigenvalue weighted by molar-refractivity contribution is -0.140. The quantitative estimate of drug-likeness (QED) is 0.902. The molecule has 2 saturated heterocycles. The molecule has 1 N–H and O–H groups in total. The summed E-state index contributed by atoms with van der Waals surface area (Å²) in [7, 11) is 0. The van der Waals surface area contributed by atoms with Crippen LogP contribution in [-0.2, 0) is 9.53 Å². The number of ether oxygens (including phenoxy) is 1.